The smallest absolute Gasteiger partial charge is 0.406 e. The molecule has 44 heavy (non-hydrogen) atoms. The summed E-state index contributed by atoms with van der Waals surface area (Å²) in [7, 11) is 0. The zero-order chi connectivity index (χ0) is 31.4. The lowest BCUT2D eigenvalue weighted by molar-refractivity contribution is -0.274. The number of hydrazine groups is 1. The Labute approximate surface area is 261 Å². The molecule has 0 spiro atoms. The standard InChI is InChI=1S/C30H28F3N7O2S2/c1-4-20-7-5-6-18(2)26(20)40-25(41)16-44-29(40)35-28(43)37-36-19(3)21-8-10-22(11-9-21)27-34-17-39(38-27)23-12-14-24(15-13-23)42-30(31,32)33/h5-15,17,19,36H,4,16H2,1-3H3,(H,37,43). The molecule has 14 heteroatoms. The average molecular weight is 640 g/mol. The van der Waals surface area contributed by atoms with E-state index < -0.39 is 6.36 Å². The van der Waals surface area contributed by atoms with Crippen LogP contribution in [0.3, 0.4) is 0 Å². The third-order valence-electron chi connectivity index (χ3n) is 6.78. The first-order valence-corrected chi connectivity index (χ1v) is 15.0. The van der Waals surface area contributed by atoms with Gasteiger partial charge in [-0.25, -0.2) is 15.1 Å². The molecule has 1 aromatic heterocycles. The number of aryl methyl sites for hydroxylation is 2. The van der Waals surface area contributed by atoms with Crippen molar-refractivity contribution < 1.29 is 22.7 Å². The van der Waals surface area contributed by atoms with Gasteiger partial charge in [-0.1, -0.05) is 61.2 Å². The Morgan fingerprint density at radius 3 is 2.55 bits per heavy atom. The number of aromatic nitrogens is 3. The van der Waals surface area contributed by atoms with E-state index in [1.165, 1.54) is 47.0 Å². The molecule has 9 nitrogen and oxygen atoms in total. The molecule has 0 bridgehead atoms. The van der Waals surface area contributed by atoms with Gasteiger partial charge in [-0.2, -0.15) is 4.99 Å². The summed E-state index contributed by atoms with van der Waals surface area (Å²) in [5.41, 5.74) is 11.3. The molecule has 1 saturated heterocycles. The summed E-state index contributed by atoms with van der Waals surface area (Å²) in [6, 6.07) is 18.8. The lowest BCUT2D eigenvalue weighted by atomic mass is 10.0. The predicted octanol–water partition coefficient (Wildman–Crippen LogP) is 6.28. The Bertz CT molecular complexity index is 1690. The van der Waals surface area contributed by atoms with Crippen LogP contribution in [0.4, 0.5) is 18.9 Å². The highest BCUT2D eigenvalue weighted by molar-refractivity contribution is 8.15. The van der Waals surface area contributed by atoms with Crippen LogP contribution < -0.4 is 20.5 Å². The van der Waals surface area contributed by atoms with E-state index in [9.17, 15) is 18.0 Å². The number of amides is 1. The van der Waals surface area contributed by atoms with Gasteiger partial charge in [-0.15, -0.1) is 18.3 Å². The van der Waals surface area contributed by atoms with Gasteiger partial charge in [0.2, 0.25) is 11.0 Å². The monoisotopic (exact) mass is 639 g/mol. The minimum atomic E-state index is -4.75. The van der Waals surface area contributed by atoms with Gasteiger partial charge >= 0.3 is 6.36 Å². The number of carbonyl (C=O) groups excluding carboxylic acids is 1. The maximum absolute atomic E-state index is 12.8. The number of anilines is 1. The lowest BCUT2D eigenvalue weighted by Gasteiger charge is -2.22. The number of thioether (sulfide) groups is 1. The molecule has 5 rings (SSSR count). The van der Waals surface area contributed by atoms with Gasteiger partial charge < -0.3 is 4.74 Å². The predicted molar refractivity (Wildman–Crippen MR) is 169 cm³/mol. The van der Waals surface area contributed by atoms with Crippen LogP contribution in [0.15, 0.2) is 78.0 Å². The van der Waals surface area contributed by atoms with Crippen molar-refractivity contribution >= 4 is 45.9 Å². The summed E-state index contributed by atoms with van der Waals surface area (Å²) < 4.78 is 42.6. The number of hydrogen-bond donors (Lipinski definition) is 2. The topological polar surface area (TPSA) is 96.7 Å². The van der Waals surface area contributed by atoms with Gasteiger partial charge in [0.25, 0.3) is 0 Å². The second kappa shape index (κ2) is 13.2. The summed E-state index contributed by atoms with van der Waals surface area (Å²) in [5.74, 6) is 0.404. The number of carbonyl (C=O) groups is 1. The van der Waals surface area contributed by atoms with Crippen LogP contribution in [0.1, 0.15) is 36.6 Å². The molecule has 0 saturated carbocycles. The number of para-hydroxylation sites is 1. The Hall–Kier alpha value is -4.27. The zero-order valence-corrected chi connectivity index (χ0v) is 25.6. The third-order valence-corrected chi connectivity index (χ3v) is 7.90. The molecule has 2 N–H and O–H groups in total. The Morgan fingerprint density at radius 1 is 1.14 bits per heavy atom. The normalized spacial score (nSPS) is 15.1. The van der Waals surface area contributed by atoms with Crippen molar-refractivity contribution in [1.82, 2.24) is 25.6 Å². The highest BCUT2D eigenvalue weighted by Crippen LogP contribution is 2.33. The minimum Gasteiger partial charge on any atom is -0.406 e. The molecule has 1 atom stereocenters. The first-order chi connectivity index (χ1) is 21.0. The highest BCUT2D eigenvalue weighted by Gasteiger charge is 2.32. The van der Waals surface area contributed by atoms with E-state index in [-0.39, 0.29) is 22.8 Å². The number of ether oxygens (including phenoxy) is 1. The quantitative estimate of drug-likeness (QED) is 0.172. The van der Waals surface area contributed by atoms with Crippen LogP contribution in [0, 0.1) is 6.92 Å². The van der Waals surface area contributed by atoms with E-state index in [0.717, 1.165) is 34.4 Å². The maximum atomic E-state index is 12.8. The summed E-state index contributed by atoms with van der Waals surface area (Å²) in [4.78, 5) is 23.3. The van der Waals surface area contributed by atoms with Crippen LogP contribution in [0.2, 0.25) is 0 Å². The maximum Gasteiger partial charge on any atom is 0.573 e. The number of halogens is 3. The van der Waals surface area contributed by atoms with Crippen LogP contribution >= 0.6 is 24.0 Å². The second-order valence-electron chi connectivity index (χ2n) is 9.82. The number of benzene rings is 3. The van der Waals surface area contributed by atoms with E-state index in [4.69, 9.17) is 12.2 Å². The Balaban J connectivity index is 1.20. The van der Waals surface area contributed by atoms with Crippen molar-refractivity contribution in [2.75, 3.05) is 10.7 Å². The molecule has 3 aromatic carbocycles. The molecule has 1 aliphatic heterocycles. The van der Waals surface area contributed by atoms with Gasteiger partial charge in [0, 0.05) is 11.6 Å². The number of alkyl halides is 3. The van der Waals surface area contributed by atoms with Gasteiger partial charge in [0.1, 0.15) is 12.1 Å². The van der Waals surface area contributed by atoms with Gasteiger partial charge in [0.15, 0.2) is 11.0 Å². The van der Waals surface area contributed by atoms with Gasteiger partial charge in [-0.3, -0.25) is 15.1 Å². The van der Waals surface area contributed by atoms with Crippen LogP contribution in [-0.4, -0.2) is 43.1 Å². The van der Waals surface area contributed by atoms with Crippen LogP contribution in [-0.2, 0) is 11.2 Å². The number of rotatable bonds is 8. The van der Waals surface area contributed by atoms with Crippen molar-refractivity contribution in [3.8, 4) is 22.8 Å². The second-order valence-corrected chi connectivity index (χ2v) is 11.2. The molecule has 1 aliphatic rings. The van der Waals surface area contributed by atoms with E-state index in [2.05, 4.69) is 37.6 Å². The molecule has 0 radical (unpaired) electrons. The van der Waals surface area contributed by atoms with Gasteiger partial charge in [-0.05, 0) is 73.4 Å². The highest BCUT2D eigenvalue weighted by atomic mass is 32.2. The molecule has 1 amide bonds. The minimum absolute atomic E-state index is 0.0327. The number of hydrogen-bond acceptors (Lipinski definition) is 7. The Kier molecular flexibility index (Phi) is 9.32. The van der Waals surface area contributed by atoms with Crippen molar-refractivity contribution in [2.24, 2.45) is 4.99 Å². The lowest BCUT2D eigenvalue weighted by Crippen LogP contribution is -2.39. The summed E-state index contributed by atoms with van der Waals surface area (Å²) in [5, 5.41) is 5.18. The molecule has 0 aliphatic carbocycles. The number of thiocarbonyl (C=S) groups is 1. The summed E-state index contributed by atoms with van der Waals surface area (Å²) >= 11 is 6.82. The van der Waals surface area contributed by atoms with Crippen molar-refractivity contribution in [3.63, 3.8) is 0 Å². The fourth-order valence-electron chi connectivity index (χ4n) is 4.60. The largest absolute Gasteiger partial charge is 0.573 e. The van der Waals surface area contributed by atoms with Crippen molar-refractivity contribution in [2.45, 2.75) is 39.6 Å². The number of aliphatic imine (C=N–C) groups is 1. The van der Waals surface area contributed by atoms with Crippen molar-refractivity contribution in [1.29, 1.82) is 0 Å². The van der Waals surface area contributed by atoms with Crippen LogP contribution in [0.25, 0.3) is 17.1 Å². The Morgan fingerprint density at radius 2 is 1.86 bits per heavy atom. The van der Waals surface area contributed by atoms with E-state index in [1.54, 1.807) is 4.90 Å². The van der Waals surface area contributed by atoms with E-state index in [0.29, 0.717) is 22.4 Å². The molecule has 1 unspecified atom stereocenters. The molecule has 4 aromatic rings. The fraction of sp³-hybridized carbons (Fsp3) is 0.233. The third kappa shape index (κ3) is 7.26. The van der Waals surface area contributed by atoms with Crippen LogP contribution in [0.5, 0.6) is 5.75 Å². The summed E-state index contributed by atoms with van der Waals surface area (Å²) in [6.45, 7) is 5.99. The molecule has 228 valence electrons. The number of amidine groups is 1. The first-order valence-electron chi connectivity index (χ1n) is 13.6. The van der Waals surface area contributed by atoms with E-state index >= 15 is 0 Å². The molecular formula is C30H28F3N7O2S2. The number of nitrogens with zero attached hydrogens (tertiary/aromatic N) is 5. The van der Waals surface area contributed by atoms with Crippen molar-refractivity contribution in [3.05, 3.63) is 89.7 Å². The molecular weight excluding hydrogens is 612 g/mol. The van der Waals surface area contributed by atoms with Gasteiger partial charge in [0.05, 0.1) is 17.1 Å². The molecule has 1 fully saturated rings. The molecule has 2 heterocycles. The SMILES string of the molecule is CCc1cccc(C)c1N1C(=O)CSC1=NC(=S)NNC(C)c1ccc(-c2ncn(-c3ccc(OC(F)(F)F)cc3)n2)cc1. The average Bonchev–Trinajstić information content (AvgIpc) is 3.62. The number of nitrogens with one attached hydrogen (secondary N) is 2. The zero-order valence-electron chi connectivity index (χ0n) is 23.9. The first kappa shape index (κ1) is 31.2. The summed E-state index contributed by atoms with van der Waals surface area (Å²) in [6.07, 6.45) is -2.48. The van der Waals surface area contributed by atoms with E-state index in [1.807, 2.05) is 56.3 Å². The fourth-order valence-corrected chi connectivity index (χ4v) is 5.66.